The summed E-state index contributed by atoms with van der Waals surface area (Å²) in [5.41, 5.74) is 1.79. The van der Waals surface area contributed by atoms with Crippen molar-refractivity contribution in [2.45, 2.75) is 13.5 Å². The molecule has 0 radical (unpaired) electrons. The number of azo groups is 1. The van der Waals surface area contributed by atoms with Gasteiger partial charge in [0, 0.05) is 30.5 Å². The average molecular weight is 388 g/mol. The quantitative estimate of drug-likeness (QED) is 0.530. The number of benzene rings is 1. The molecular weight excluding hydrogens is 364 g/mol. The number of phenols is 1. The molecule has 1 aliphatic rings. The molecule has 9 heteroatoms. The summed E-state index contributed by atoms with van der Waals surface area (Å²) in [5, 5.41) is 21.4. The standard InChI is InChI=1S/C18H24N6O2S/c1-13-3-4-15(25)14(9-13)11-20-23-16-10-17(24-6-8-27-12-24)22-18(21-16)26-7-5-19-2/h3-4,9-10,19,25H,5-8,11-12H2,1-2H3. The maximum absolute atomic E-state index is 9.92. The van der Waals surface area contributed by atoms with Gasteiger partial charge in [0.15, 0.2) is 5.82 Å². The lowest BCUT2D eigenvalue weighted by Crippen LogP contribution is -2.20. The van der Waals surface area contributed by atoms with Crippen LogP contribution in [0.15, 0.2) is 34.5 Å². The molecule has 1 saturated heterocycles. The monoisotopic (exact) mass is 388 g/mol. The number of nitrogens with zero attached hydrogens (tertiary/aromatic N) is 5. The third-order valence-corrected chi connectivity index (χ3v) is 4.95. The van der Waals surface area contributed by atoms with Crippen LogP contribution in [0, 0.1) is 6.92 Å². The largest absolute Gasteiger partial charge is 0.508 e. The summed E-state index contributed by atoms with van der Waals surface area (Å²) in [4.78, 5) is 11.0. The van der Waals surface area contributed by atoms with Crippen molar-refractivity contribution in [2.24, 2.45) is 10.2 Å². The predicted octanol–water partition coefficient (Wildman–Crippen LogP) is 2.88. The van der Waals surface area contributed by atoms with Crippen LogP contribution in [0.1, 0.15) is 11.1 Å². The van der Waals surface area contributed by atoms with E-state index in [1.54, 1.807) is 6.07 Å². The average Bonchev–Trinajstić information content (AvgIpc) is 3.19. The molecule has 0 atom stereocenters. The molecule has 0 saturated carbocycles. The Hall–Kier alpha value is -2.39. The van der Waals surface area contributed by atoms with Gasteiger partial charge < -0.3 is 20.1 Å². The van der Waals surface area contributed by atoms with Crippen molar-refractivity contribution in [2.75, 3.05) is 43.3 Å². The van der Waals surface area contributed by atoms with Gasteiger partial charge >= 0.3 is 6.01 Å². The van der Waals surface area contributed by atoms with E-state index in [0.29, 0.717) is 25.0 Å². The van der Waals surface area contributed by atoms with E-state index in [1.165, 1.54) is 0 Å². The normalized spacial score (nSPS) is 14.2. The number of hydrogen-bond donors (Lipinski definition) is 2. The maximum atomic E-state index is 9.92. The van der Waals surface area contributed by atoms with Gasteiger partial charge in [0.2, 0.25) is 0 Å². The number of rotatable bonds is 8. The number of phenolic OH excluding ortho intramolecular Hbond substituents is 1. The fraction of sp³-hybridized carbons (Fsp3) is 0.444. The maximum Gasteiger partial charge on any atom is 0.320 e. The van der Waals surface area contributed by atoms with Crippen molar-refractivity contribution in [1.29, 1.82) is 0 Å². The fourth-order valence-corrected chi connectivity index (χ4v) is 3.50. The molecule has 8 nitrogen and oxygen atoms in total. The van der Waals surface area contributed by atoms with Gasteiger partial charge in [-0.25, -0.2) is 0 Å². The first-order valence-electron chi connectivity index (χ1n) is 8.81. The van der Waals surface area contributed by atoms with E-state index in [2.05, 4.69) is 30.4 Å². The molecule has 0 unspecified atom stereocenters. The number of thioether (sulfide) groups is 1. The first-order valence-corrected chi connectivity index (χ1v) is 9.96. The van der Waals surface area contributed by atoms with Crippen LogP contribution in [0.5, 0.6) is 11.8 Å². The number of aromatic hydroxyl groups is 1. The Morgan fingerprint density at radius 2 is 2.22 bits per heavy atom. The summed E-state index contributed by atoms with van der Waals surface area (Å²) in [6.07, 6.45) is 0. The number of hydrogen-bond acceptors (Lipinski definition) is 9. The van der Waals surface area contributed by atoms with Gasteiger partial charge in [-0.2, -0.15) is 15.1 Å². The van der Waals surface area contributed by atoms with Gasteiger partial charge in [0.05, 0.1) is 12.4 Å². The summed E-state index contributed by atoms with van der Waals surface area (Å²) in [7, 11) is 1.86. The Labute approximate surface area is 163 Å². The van der Waals surface area contributed by atoms with E-state index in [4.69, 9.17) is 4.74 Å². The lowest BCUT2D eigenvalue weighted by atomic mass is 10.1. The summed E-state index contributed by atoms with van der Waals surface area (Å²) in [6.45, 7) is 4.37. The molecule has 1 aromatic carbocycles. The van der Waals surface area contributed by atoms with Gasteiger partial charge in [-0.3, -0.25) is 0 Å². The summed E-state index contributed by atoms with van der Waals surface area (Å²) >= 11 is 1.86. The van der Waals surface area contributed by atoms with Crippen LogP contribution >= 0.6 is 11.8 Å². The lowest BCUT2D eigenvalue weighted by Gasteiger charge is -2.16. The minimum absolute atomic E-state index is 0.216. The highest BCUT2D eigenvalue weighted by atomic mass is 32.2. The lowest BCUT2D eigenvalue weighted by molar-refractivity contribution is 0.294. The number of aryl methyl sites for hydroxylation is 1. The molecule has 27 heavy (non-hydrogen) atoms. The van der Waals surface area contributed by atoms with E-state index >= 15 is 0 Å². The molecular formula is C18H24N6O2S. The zero-order chi connectivity index (χ0) is 19.1. The fourth-order valence-electron chi connectivity index (χ4n) is 2.54. The first kappa shape index (κ1) is 19.4. The van der Waals surface area contributed by atoms with Gasteiger partial charge in [-0.05, 0) is 20.0 Å². The van der Waals surface area contributed by atoms with Crippen LogP contribution in [-0.2, 0) is 6.54 Å². The molecule has 0 amide bonds. The Kier molecular flexibility index (Phi) is 6.83. The molecule has 3 rings (SSSR count). The molecule has 0 bridgehead atoms. The molecule has 1 aromatic heterocycles. The number of ether oxygens (including phenoxy) is 1. The van der Waals surface area contributed by atoms with Crippen molar-refractivity contribution in [3.63, 3.8) is 0 Å². The van der Waals surface area contributed by atoms with Crippen molar-refractivity contribution in [1.82, 2.24) is 15.3 Å². The SMILES string of the molecule is CNCCOc1nc(N=NCc2cc(C)ccc2O)cc(N2CCSC2)n1. The molecule has 2 N–H and O–H groups in total. The second-order valence-corrected chi connectivity index (χ2v) is 7.23. The molecule has 144 valence electrons. The Morgan fingerprint density at radius 1 is 1.33 bits per heavy atom. The van der Waals surface area contributed by atoms with E-state index in [0.717, 1.165) is 35.1 Å². The van der Waals surface area contributed by atoms with E-state index in [9.17, 15) is 5.11 Å². The molecule has 1 aliphatic heterocycles. The Balaban J connectivity index is 1.76. The minimum atomic E-state index is 0.216. The number of likely N-dealkylation sites (N-methyl/N-ethyl adjacent to an activating group) is 1. The second-order valence-electron chi connectivity index (χ2n) is 6.15. The third kappa shape index (κ3) is 5.54. The third-order valence-electron chi connectivity index (χ3n) is 3.99. The Bertz CT molecular complexity index is 795. The van der Waals surface area contributed by atoms with E-state index in [-0.39, 0.29) is 12.3 Å². The van der Waals surface area contributed by atoms with Gasteiger partial charge in [0.1, 0.15) is 18.2 Å². The predicted molar refractivity (Wildman–Crippen MR) is 107 cm³/mol. The number of anilines is 1. The van der Waals surface area contributed by atoms with Crippen LogP contribution in [0.2, 0.25) is 0 Å². The highest BCUT2D eigenvalue weighted by molar-refractivity contribution is 7.99. The van der Waals surface area contributed by atoms with Crippen LogP contribution in [0.3, 0.4) is 0 Å². The zero-order valence-electron chi connectivity index (χ0n) is 15.6. The summed E-state index contributed by atoms with van der Waals surface area (Å²) < 4.78 is 5.63. The van der Waals surface area contributed by atoms with E-state index < -0.39 is 0 Å². The van der Waals surface area contributed by atoms with Crippen LogP contribution < -0.4 is 15.0 Å². The van der Waals surface area contributed by atoms with Crippen LogP contribution in [-0.4, -0.2) is 53.4 Å². The van der Waals surface area contributed by atoms with Crippen molar-refractivity contribution in [3.8, 4) is 11.8 Å². The zero-order valence-corrected chi connectivity index (χ0v) is 16.4. The Morgan fingerprint density at radius 3 is 3.00 bits per heavy atom. The topological polar surface area (TPSA) is 95.2 Å². The van der Waals surface area contributed by atoms with Crippen molar-refractivity contribution in [3.05, 3.63) is 35.4 Å². The molecule has 2 aromatic rings. The number of aromatic nitrogens is 2. The van der Waals surface area contributed by atoms with Crippen LogP contribution in [0.25, 0.3) is 0 Å². The molecule has 2 heterocycles. The summed E-state index contributed by atoms with van der Waals surface area (Å²) in [5.74, 6) is 3.42. The first-order chi connectivity index (χ1) is 13.2. The van der Waals surface area contributed by atoms with Gasteiger partial charge in [0.25, 0.3) is 0 Å². The molecule has 0 spiro atoms. The smallest absolute Gasteiger partial charge is 0.320 e. The number of nitrogens with one attached hydrogen (secondary N) is 1. The van der Waals surface area contributed by atoms with Crippen molar-refractivity contribution >= 4 is 23.4 Å². The van der Waals surface area contributed by atoms with Gasteiger partial charge in [-0.1, -0.05) is 17.7 Å². The molecule has 0 aliphatic carbocycles. The highest BCUT2D eigenvalue weighted by Crippen LogP contribution is 2.26. The summed E-state index contributed by atoms with van der Waals surface area (Å²) in [6, 6.07) is 7.54. The van der Waals surface area contributed by atoms with E-state index in [1.807, 2.05) is 43.9 Å². The van der Waals surface area contributed by atoms with Gasteiger partial charge in [-0.15, -0.1) is 16.9 Å². The second kappa shape index (κ2) is 9.52. The molecule has 1 fully saturated rings. The van der Waals surface area contributed by atoms with Crippen LogP contribution in [0.4, 0.5) is 11.6 Å². The van der Waals surface area contributed by atoms with Crippen molar-refractivity contribution < 1.29 is 9.84 Å². The highest BCUT2D eigenvalue weighted by Gasteiger charge is 2.16. The minimum Gasteiger partial charge on any atom is -0.508 e.